The van der Waals surface area contributed by atoms with Crippen LogP contribution in [0.15, 0.2) is 18.2 Å². The van der Waals surface area contributed by atoms with E-state index in [1.807, 2.05) is 23.1 Å². The number of nitrogens with zero attached hydrogens (tertiary/aromatic N) is 1. The molecule has 1 amide bonds. The normalized spacial score (nSPS) is 18.7. The van der Waals surface area contributed by atoms with Crippen molar-refractivity contribution in [2.24, 2.45) is 5.73 Å². The molecule has 0 bridgehead atoms. The van der Waals surface area contributed by atoms with Crippen LogP contribution in [0.5, 0.6) is 11.5 Å². The highest BCUT2D eigenvalue weighted by molar-refractivity contribution is 5.85. The fourth-order valence-corrected chi connectivity index (χ4v) is 3.16. The standard InChI is InChI=1S/C20H32N2O4.ClH/c1-4-10-22(20(23)18-9-7-16(13-21)26-18)14-15-6-8-17(25-11-5-2)19(12-15)24-3;/h6,8,12,16,18H,4-5,7,9-11,13-14,21H2,1-3H3;1H/t16-,18+;/m1./s1. The van der Waals surface area contributed by atoms with Crippen LogP contribution < -0.4 is 15.2 Å². The summed E-state index contributed by atoms with van der Waals surface area (Å²) in [6, 6.07) is 5.84. The number of hydrogen-bond acceptors (Lipinski definition) is 5. The molecule has 27 heavy (non-hydrogen) atoms. The monoisotopic (exact) mass is 400 g/mol. The van der Waals surface area contributed by atoms with Gasteiger partial charge in [-0.3, -0.25) is 4.79 Å². The van der Waals surface area contributed by atoms with Crippen LogP contribution in [-0.2, 0) is 16.1 Å². The van der Waals surface area contributed by atoms with Crippen molar-refractivity contribution >= 4 is 18.3 Å². The van der Waals surface area contributed by atoms with Gasteiger partial charge in [0.25, 0.3) is 5.91 Å². The van der Waals surface area contributed by atoms with E-state index in [-0.39, 0.29) is 30.5 Å². The molecule has 0 aromatic heterocycles. The van der Waals surface area contributed by atoms with E-state index < -0.39 is 0 Å². The fourth-order valence-electron chi connectivity index (χ4n) is 3.16. The first-order valence-electron chi connectivity index (χ1n) is 9.56. The first kappa shape index (κ1) is 23.5. The number of benzene rings is 1. The van der Waals surface area contributed by atoms with Gasteiger partial charge in [0.15, 0.2) is 11.5 Å². The van der Waals surface area contributed by atoms with Crippen LogP contribution >= 0.6 is 12.4 Å². The second-order valence-electron chi connectivity index (χ2n) is 6.65. The Morgan fingerprint density at radius 1 is 1.26 bits per heavy atom. The van der Waals surface area contributed by atoms with Crippen LogP contribution in [0.3, 0.4) is 0 Å². The Bertz CT molecular complexity index is 585. The molecule has 154 valence electrons. The molecule has 7 heteroatoms. The molecule has 1 saturated heterocycles. The molecule has 1 heterocycles. The summed E-state index contributed by atoms with van der Waals surface area (Å²) in [7, 11) is 1.63. The second-order valence-corrected chi connectivity index (χ2v) is 6.65. The number of methoxy groups -OCH3 is 1. The summed E-state index contributed by atoms with van der Waals surface area (Å²) in [6.07, 6.45) is 3.06. The summed E-state index contributed by atoms with van der Waals surface area (Å²) in [5.41, 5.74) is 6.67. The average molecular weight is 401 g/mol. The van der Waals surface area contributed by atoms with E-state index in [0.29, 0.717) is 32.0 Å². The molecule has 2 N–H and O–H groups in total. The minimum atomic E-state index is -0.371. The van der Waals surface area contributed by atoms with Crippen LogP contribution in [0.25, 0.3) is 0 Å². The van der Waals surface area contributed by atoms with Gasteiger partial charge in [0.2, 0.25) is 0 Å². The predicted octanol–water partition coefficient (Wildman–Crippen LogP) is 3.15. The lowest BCUT2D eigenvalue weighted by molar-refractivity contribution is -0.143. The Morgan fingerprint density at radius 3 is 2.63 bits per heavy atom. The molecule has 0 unspecified atom stereocenters. The molecule has 1 aliphatic rings. The first-order chi connectivity index (χ1) is 12.6. The van der Waals surface area contributed by atoms with Gasteiger partial charge in [-0.05, 0) is 43.4 Å². The number of rotatable bonds is 10. The smallest absolute Gasteiger partial charge is 0.252 e. The Balaban J connectivity index is 0.00000364. The van der Waals surface area contributed by atoms with E-state index in [1.165, 1.54) is 0 Å². The van der Waals surface area contributed by atoms with E-state index in [4.69, 9.17) is 19.9 Å². The number of ether oxygens (including phenoxy) is 3. The van der Waals surface area contributed by atoms with Crippen molar-refractivity contribution in [2.75, 3.05) is 26.8 Å². The molecule has 1 aliphatic heterocycles. The molecule has 2 rings (SSSR count). The number of amides is 1. The van der Waals surface area contributed by atoms with Crippen molar-refractivity contribution in [2.45, 2.75) is 58.3 Å². The van der Waals surface area contributed by atoms with Crippen molar-refractivity contribution < 1.29 is 19.0 Å². The van der Waals surface area contributed by atoms with Crippen molar-refractivity contribution in [1.82, 2.24) is 4.90 Å². The number of hydrogen-bond donors (Lipinski definition) is 1. The summed E-state index contributed by atoms with van der Waals surface area (Å²) in [5, 5.41) is 0. The van der Waals surface area contributed by atoms with Crippen LogP contribution in [0.2, 0.25) is 0 Å². The molecular weight excluding hydrogens is 368 g/mol. The van der Waals surface area contributed by atoms with Gasteiger partial charge < -0.3 is 24.8 Å². The minimum absolute atomic E-state index is 0. The van der Waals surface area contributed by atoms with E-state index in [2.05, 4.69) is 13.8 Å². The third-order valence-electron chi connectivity index (χ3n) is 4.51. The highest BCUT2D eigenvalue weighted by Crippen LogP contribution is 2.29. The lowest BCUT2D eigenvalue weighted by Gasteiger charge is -2.26. The molecule has 0 radical (unpaired) electrons. The van der Waals surface area contributed by atoms with E-state index in [1.54, 1.807) is 7.11 Å². The van der Waals surface area contributed by atoms with Gasteiger partial charge in [0, 0.05) is 19.6 Å². The number of carbonyl (C=O) groups excluding carboxylic acids is 1. The Hall–Kier alpha value is -1.50. The van der Waals surface area contributed by atoms with Gasteiger partial charge in [0.1, 0.15) is 6.10 Å². The average Bonchev–Trinajstić information content (AvgIpc) is 3.15. The van der Waals surface area contributed by atoms with Crippen LogP contribution in [0.4, 0.5) is 0 Å². The first-order valence-corrected chi connectivity index (χ1v) is 9.56. The van der Waals surface area contributed by atoms with Crippen molar-refractivity contribution in [3.63, 3.8) is 0 Å². The minimum Gasteiger partial charge on any atom is -0.493 e. The Kier molecular flexibility index (Phi) is 10.5. The van der Waals surface area contributed by atoms with Gasteiger partial charge >= 0.3 is 0 Å². The summed E-state index contributed by atoms with van der Waals surface area (Å²) < 4.78 is 16.9. The van der Waals surface area contributed by atoms with E-state index in [9.17, 15) is 4.79 Å². The molecule has 6 nitrogen and oxygen atoms in total. The third kappa shape index (κ3) is 6.55. The Morgan fingerprint density at radius 2 is 2.04 bits per heavy atom. The zero-order valence-corrected chi connectivity index (χ0v) is 17.4. The maximum atomic E-state index is 12.9. The molecule has 1 aromatic rings. The third-order valence-corrected chi connectivity index (χ3v) is 4.51. The molecule has 0 aliphatic carbocycles. The maximum absolute atomic E-state index is 12.9. The topological polar surface area (TPSA) is 74.0 Å². The van der Waals surface area contributed by atoms with Gasteiger partial charge in [-0.25, -0.2) is 0 Å². The lowest BCUT2D eigenvalue weighted by Crippen LogP contribution is -2.39. The van der Waals surface area contributed by atoms with Gasteiger partial charge in [-0.15, -0.1) is 12.4 Å². The molecule has 0 saturated carbocycles. The van der Waals surface area contributed by atoms with Gasteiger partial charge in [0.05, 0.1) is 19.8 Å². The fraction of sp³-hybridized carbons (Fsp3) is 0.650. The highest BCUT2D eigenvalue weighted by Gasteiger charge is 2.32. The SMILES string of the molecule is CCCOc1ccc(CN(CCC)C(=O)[C@@H]2CC[C@H](CN)O2)cc1OC.Cl. The second kappa shape index (κ2) is 12.1. The predicted molar refractivity (Wildman–Crippen MR) is 109 cm³/mol. The van der Waals surface area contributed by atoms with Crippen molar-refractivity contribution in [3.8, 4) is 11.5 Å². The summed E-state index contributed by atoms with van der Waals surface area (Å²) in [4.78, 5) is 14.7. The number of halogens is 1. The van der Waals surface area contributed by atoms with Crippen LogP contribution in [0, 0.1) is 0 Å². The molecule has 0 spiro atoms. The summed E-state index contributed by atoms with van der Waals surface area (Å²) in [5.74, 6) is 1.48. The van der Waals surface area contributed by atoms with Crippen molar-refractivity contribution in [1.29, 1.82) is 0 Å². The summed E-state index contributed by atoms with van der Waals surface area (Å²) >= 11 is 0. The number of nitrogens with two attached hydrogens (primary N) is 1. The quantitative estimate of drug-likeness (QED) is 0.653. The van der Waals surface area contributed by atoms with E-state index in [0.717, 1.165) is 37.0 Å². The Labute approximate surface area is 168 Å². The van der Waals surface area contributed by atoms with Gasteiger partial charge in [-0.1, -0.05) is 19.9 Å². The highest BCUT2D eigenvalue weighted by atomic mass is 35.5. The van der Waals surface area contributed by atoms with Crippen LogP contribution in [0.1, 0.15) is 45.1 Å². The van der Waals surface area contributed by atoms with Crippen LogP contribution in [-0.4, -0.2) is 49.8 Å². The lowest BCUT2D eigenvalue weighted by atomic mass is 10.1. The maximum Gasteiger partial charge on any atom is 0.252 e. The van der Waals surface area contributed by atoms with Crippen molar-refractivity contribution in [3.05, 3.63) is 23.8 Å². The van der Waals surface area contributed by atoms with Gasteiger partial charge in [-0.2, -0.15) is 0 Å². The molecular formula is C20H33ClN2O4. The zero-order chi connectivity index (χ0) is 18.9. The number of carbonyl (C=O) groups is 1. The largest absolute Gasteiger partial charge is 0.493 e. The molecule has 1 aromatic carbocycles. The summed E-state index contributed by atoms with van der Waals surface area (Å²) in [6.45, 7) is 6.48. The molecule has 2 atom stereocenters. The zero-order valence-electron chi connectivity index (χ0n) is 16.6. The van der Waals surface area contributed by atoms with E-state index >= 15 is 0 Å². The molecule has 1 fully saturated rings.